The number of rotatable bonds is 6. The molecule has 0 spiro atoms. The highest BCUT2D eigenvalue weighted by Crippen LogP contribution is 2.02. The Morgan fingerprint density at radius 1 is 1.17 bits per heavy atom. The lowest BCUT2D eigenvalue weighted by Crippen LogP contribution is -2.28. The van der Waals surface area contributed by atoms with Gasteiger partial charge in [0.25, 0.3) is 0 Å². The SMILES string of the molecule is CC.CC(C)C.CC/C(=C/C(C)=C\N)CN.CCNCC(N)=O. The largest absolute Gasteiger partial charge is 0.404 e. The molecule has 0 saturated heterocycles. The van der Waals surface area contributed by atoms with Crippen LogP contribution in [0.4, 0.5) is 0 Å². The molecule has 0 aromatic carbocycles. The summed E-state index contributed by atoms with van der Waals surface area (Å²) in [6.45, 7) is 18.2. The molecule has 7 N–H and O–H groups in total. The van der Waals surface area contributed by atoms with Crippen LogP contribution in [0.2, 0.25) is 0 Å². The third kappa shape index (κ3) is 44.9. The van der Waals surface area contributed by atoms with Gasteiger partial charge in [-0.3, -0.25) is 4.79 Å². The first-order valence-corrected chi connectivity index (χ1v) is 8.51. The minimum atomic E-state index is -0.304. The molecule has 0 saturated carbocycles. The van der Waals surface area contributed by atoms with Crippen LogP contribution in [0, 0.1) is 5.92 Å². The molecule has 140 valence electrons. The Morgan fingerprint density at radius 3 is 1.78 bits per heavy atom. The highest BCUT2D eigenvalue weighted by Gasteiger charge is 1.89. The van der Waals surface area contributed by atoms with Crippen molar-refractivity contribution in [2.75, 3.05) is 19.6 Å². The number of nitrogens with one attached hydrogen (secondary N) is 1. The van der Waals surface area contributed by atoms with Gasteiger partial charge in [-0.1, -0.05) is 60.1 Å². The molecule has 0 aromatic heterocycles. The van der Waals surface area contributed by atoms with E-state index in [-0.39, 0.29) is 12.5 Å². The maximum atomic E-state index is 9.92. The van der Waals surface area contributed by atoms with E-state index in [1.165, 1.54) is 5.57 Å². The average molecular weight is 331 g/mol. The quantitative estimate of drug-likeness (QED) is 0.562. The fourth-order valence-electron chi connectivity index (χ4n) is 0.924. The summed E-state index contributed by atoms with van der Waals surface area (Å²) in [4.78, 5) is 9.92. The molecule has 0 rings (SSSR count). The van der Waals surface area contributed by atoms with Gasteiger partial charge in [0.1, 0.15) is 0 Å². The van der Waals surface area contributed by atoms with Crippen LogP contribution in [0.25, 0.3) is 0 Å². The lowest BCUT2D eigenvalue weighted by Gasteiger charge is -1.98. The number of carbonyl (C=O) groups is 1. The molecular weight excluding hydrogens is 288 g/mol. The zero-order chi connectivity index (χ0) is 19.3. The first-order chi connectivity index (χ1) is 10.7. The van der Waals surface area contributed by atoms with E-state index in [0.717, 1.165) is 24.5 Å². The number of amides is 1. The van der Waals surface area contributed by atoms with Crippen LogP contribution in [0.5, 0.6) is 0 Å². The van der Waals surface area contributed by atoms with Gasteiger partial charge in [-0.05, 0) is 37.6 Å². The minimum Gasteiger partial charge on any atom is -0.404 e. The molecule has 5 heteroatoms. The standard InChI is InChI=1S/C8H16N2.C4H10N2O.C4H10.C2H6/c1-3-8(6-10)4-7(2)5-9;1-2-6-3-4(5)7;1-4(2)3;1-2/h4-5H,3,6,9-10H2,1-2H3;6H,2-3H2,1H3,(H2,5,7);4H,1-3H3;1-2H3/b7-5-,8-4-;;;. The van der Waals surface area contributed by atoms with Crippen molar-refractivity contribution in [3.05, 3.63) is 23.4 Å². The van der Waals surface area contributed by atoms with Crippen molar-refractivity contribution >= 4 is 5.91 Å². The molecule has 0 aliphatic carbocycles. The van der Waals surface area contributed by atoms with E-state index in [1.54, 1.807) is 6.20 Å². The van der Waals surface area contributed by atoms with Crippen LogP contribution in [0.15, 0.2) is 23.4 Å². The van der Waals surface area contributed by atoms with Gasteiger partial charge in [-0.25, -0.2) is 0 Å². The second kappa shape index (κ2) is 25.6. The summed E-state index contributed by atoms with van der Waals surface area (Å²) in [5.41, 5.74) is 17.8. The van der Waals surface area contributed by atoms with Gasteiger partial charge in [0.15, 0.2) is 0 Å². The first kappa shape index (κ1) is 29.7. The Labute approximate surface area is 144 Å². The molecule has 0 aliphatic heterocycles. The summed E-state index contributed by atoms with van der Waals surface area (Å²) >= 11 is 0. The van der Waals surface area contributed by atoms with Gasteiger partial charge in [-0.2, -0.15) is 0 Å². The minimum absolute atomic E-state index is 0.288. The smallest absolute Gasteiger partial charge is 0.231 e. The molecule has 0 unspecified atom stereocenters. The van der Waals surface area contributed by atoms with Crippen LogP contribution in [-0.2, 0) is 4.79 Å². The van der Waals surface area contributed by atoms with Crippen LogP contribution >= 0.6 is 0 Å². The van der Waals surface area contributed by atoms with Crippen molar-refractivity contribution in [3.8, 4) is 0 Å². The van der Waals surface area contributed by atoms with Gasteiger partial charge in [-0.15, -0.1) is 0 Å². The van der Waals surface area contributed by atoms with Crippen molar-refractivity contribution in [2.24, 2.45) is 23.1 Å². The van der Waals surface area contributed by atoms with Crippen molar-refractivity contribution in [2.45, 2.75) is 61.8 Å². The molecule has 0 heterocycles. The molecule has 0 aromatic rings. The maximum Gasteiger partial charge on any atom is 0.231 e. The maximum absolute atomic E-state index is 9.92. The molecule has 0 radical (unpaired) electrons. The highest BCUT2D eigenvalue weighted by atomic mass is 16.1. The predicted molar refractivity (Wildman–Crippen MR) is 105 cm³/mol. The zero-order valence-corrected chi connectivity index (χ0v) is 16.7. The van der Waals surface area contributed by atoms with Crippen molar-refractivity contribution in [1.29, 1.82) is 0 Å². The average Bonchev–Trinajstić information content (AvgIpc) is 2.52. The number of hydrogen-bond donors (Lipinski definition) is 4. The lowest BCUT2D eigenvalue weighted by atomic mass is 10.1. The Morgan fingerprint density at radius 2 is 1.61 bits per heavy atom. The van der Waals surface area contributed by atoms with Gasteiger partial charge in [0, 0.05) is 6.54 Å². The van der Waals surface area contributed by atoms with Crippen molar-refractivity contribution in [3.63, 3.8) is 0 Å². The molecule has 0 bridgehead atoms. The molecule has 1 amide bonds. The Balaban J connectivity index is -0.000000121. The Hall–Kier alpha value is -1.33. The molecule has 0 aliphatic rings. The second-order valence-corrected chi connectivity index (χ2v) is 5.25. The predicted octanol–water partition coefficient (Wildman–Crippen LogP) is 2.91. The monoisotopic (exact) mass is 330 g/mol. The van der Waals surface area contributed by atoms with E-state index in [4.69, 9.17) is 17.2 Å². The van der Waals surface area contributed by atoms with Gasteiger partial charge >= 0.3 is 0 Å². The van der Waals surface area contributed by atoms with E-state index in [9.17, 15) is 4.79 Å². The molecule has 0 fully saturated rings. The molecule has 5 nitrogen and oxygen atoms in total. The van der Waals surface area contributed by atoms with Crippen LogP contribution in [0.3, 0.4) is 0 Å². The Bertz CT molecular complexity index is 289. The number of allylic oxidation sites excluding steroid dienone is 2. The van der Waals surface area contributed by atoms with Crippen LogP contribution in [-0.4, -0.2) is 25.5 Å². The summed E-state index contributed by atoms with van der Waals surface area (Å²) in [6.07, 6.45) is 4.62. The zero-order valence-electron chi connectivity index (χ0n) is 16.7. The van der Waals surface area contributed by atoms with E-state index < -0.39 is 0 Å². The van der Waals surface area contributed by atoms with Crippen molar-refractivity contribution in [1.82, 2.24) is 5.32 Å². The van der Waals surface area contributed by atoms with Gasteiger partial charge in [0.05, 0.1) is 6.54 Å². The summed E-state index contributed by atoms with van der Waals surface area (Å²) in [5, 5.41) is 2.77. The van der Waals surface area contributed by atoms with E-state index in [0.29, 0.717) is 6.54 Å². The second-order valence-electron chi connectivity index (χ2n) is 5.25. The normalized spacial score (nSPS) is 10.5. The number of primary amides is 1. The summed E-state index contributed by atoms with van der Waals surface area (Å²) in [7, 11) is 0. The van der Waals surface area contributed by atoms with Gasteiger partial charge in [0.2, 0.25) is 5.91 Å². The topological polar surface area (TPSA) is 107 Å². The lowest BCUT2D eigenvalue weighted by molar-refractivity contribution is -0.117. The summed E-state index contributed by atoms with van der Waals surface area (Å²) < 4.78 is 0. The fourth-order valence-corrected chi connectivity index (χ4v) is 0.924. The van der Waals surface area contributed by atoms with E-state index in [1.807, 2.05) is 33.8 Å². The third-order valence-electron chi connectivity index (χ3n) is 1.96. The van der Waals surface area contributed by atoms with Crippen LogP contribution < -0.4 is 22.5 Å². The van der Waals surface area contributed by atoms with Crippen molar-refractivity contribution < 1.29 is 4.79 Å². The Kier molecular flexibility index (Phi) is 33.0. The van der Waals surface area contributed by atoms with Gasteiger partial charge < -0.3 is 22.5 Å². The summed E-state index contributed by atoms with van der Waals surface area (Å²) in [6, 6.07) is 0. The fraction of sp³-hybridized carbons (Fsp3) is 0.722. The summed E-state index contributed by atoms with van der Waals surface area (Å²) in [5.74, 6) is 0.529. The molecular formula is C18H42N4O. The molecule has 23 heavy (non-hydrogen) atoms. The number of likely N-dealkylation sites (N-methyl/N-ethyl adjacent to an activating group) is 1. The highest BCUT2D eigenvalue weighted by molar-refractivity contribution is 5.75. The molecule has 0 atom stereocenters. The number of nitrogens with two attached hydrogens (primary N) is 3. The first-order valence-electron chi connectivity index (χ1n) is 8.51. The third-order valence-corrected chi connectivity index (χ3v) is 1.96. The number of hydrogen-bond acceptors (Lipinski definition) is 4. The van der Waals surface area contributed by atoms with E-state index >= 15 is 0 Å². The number of carbonyl (C=O) groups excluding carboxylic acids is 1. The van der Waals surface area contributed by atoms with Crippen LogP contribution in [0.1, 0.15) is 61.8 Å². The van der Waals surface area contributed by atoms with E-state index in [2.05, 4.69) is 33.0 Å².